The van der Waals surface area contributed by atoms with Crippen molar-refractivity contribution in [3.8, 4) is 11.8 Å². The summed E-state index contributed by atoms with van der Waals surface area (Å²) in [5, 5.41) is 9.27. The maximum absolute atomic E-state index is 13.8. The van der Waals surface area contributed by atoms with Crippen molar-refractivity contribution in [3.05, 3.63) is 64.4 Å². The number of carbonyl (C=O) groups excluding carboxylic acids is 1. The zero-order valence-corrected chi connectivity index (χ0v) is 11.9. The lowest BCUT2D eigenvalue weighted by molar-refractivity contribution is 0.0975. The van der Waals surface area contributed by atoms with Gasteiger partial charge in [0, 0.05) is 0 Å². The van der Waals surface area contributed by atoms with Crippen LogP contribution in [0.1, 0.15) is 21.8 Å². The monoisotopic (exact) mass is 303 g/mol. The van der Waals surface area contributed by atoms with Crippen molar-refractivity contribution in [1.82, 2.24) is 0 Å². The molecule has 0 aliphatic carbocycles. The van der Waals surface area contributed by atoms with Crippen LogP contribution in [-0.4, -0.2) is 12.9 Å². The molecule has 1 atom stereocenters. The van der Waals surface area contributed by atoms with Crippen molar-refractivity contribution in [1.29, 1.82) is 5.26 Å². The topological polar surface area (TPSA) is 50.1 Å². The molecule has 2 aromatic carbocycles. The molecule has 106 valence electrons. The standard InChI is InChI=1S/C16H11ClFNO2/c1-21-11-5-2-4-10(8-11)12(9-19)16(20)15-13(17)6-3-7-14(15)18/h2-8,12H,1H3. The Bertz CT molecular complexity index is 704. The molecule has 0 fully saturated rings. The van der Waals surface area contributed by atoms with Crippen LogP contribution in [0.2, 0.25) is 5.02 Å². The Morgan fingerprint density at radius 1 is 1.33 bits per heavy atom. The van der Waals surface area contributed by atoms with Crippen molar-refractivity contribution in [2.75, 3.05) is 7.11 Å². The van der Waals surface area contributed by atoms with E-state index in [0.29, 0.717) is 11.3 Å². The second kappa shape index (κ2) is 6.38. The van der Waals surface area contributed by atoms with E-state index in [1.807, 2.05) is 6.07 Å². The van der Waals surface area contributed by atoms with Gasteiger partial charge in [0.15, 0.2) is 5.78 Å². The molecule has 0 aliphatic heterocycles. The van der Waals surface area contributed by atoms with Crippen molar-refractivity contribution in [3.63, 3.8) is 0 Å². The van der Waals surface area contributed by atoms with Crippen LogP contribution in [0.25, 0.3) is 0 Å². The number of benzene rings is 2. The van der Waals surface area contributed by atoms with E-state index in [2.05, 4.69) is 0 Å². The van der Waals surface area contributed by atoms with Crippen LogP contribution >= 0.6 is 11.6 Å². The molecule has 3 nitrogen and oxygen atoms in total. The Labute approximate surface area is 126 Å². The molecule has 0 aromatic heterocycles. The number of nitrogens with zero attached hydrogens (tertiary/aromatic N) is 1. The largest absolute Gasteiger partial charge is 0.497 e. The van der Waals surface area contributed by atoms with Crippen LogP contribution in [0.4, 0.5) is 4.39 Å². The van der Waals surface area contributed by atoms with Gasteiger partial charge < -0.3 is 4.74 Å². The first-order chi connectivity index (χ1) is 10.1. The van der Waals surface area contributed by atoms with Crippen LogP contribution in [-0.2, 0) is 0 Å². The predicted octanol–water partition coefficient (Wildman–Crippen LogP) is 3.98. The SMILES string of the molecule is COc1cccc(C(C#N)C(=O)c2c(F)cccc2Cl)c1. The van der Waals surface area contributed by atoms with E-state index >= 15 is 0 Å². The Morgan fingerprint density at radius 3 is 2.67 bits per heavy atom. The highest BCUT2D eigenvalue weighted by Crippen LogP contribution is 2.28. The molecule has 2 rings (SSSR count). The summed E-state index contributed by atoms with van der Waals surface area (Å²) in [6.45, 7) is 0. The minimum Gasteiger partial charge on any atom is -0.497 e. The van der Waals surface area contributed by atoms with Gasteiger partial charge in [-0.25, -0.2) is 4.39 Å². The zero-order chi connectivity index (χ0) is 15.4. The third-order valence-electron chi connectivity index (χ3n) is 3.03. The first kappa shape index (κ1) is 15.0. The van der Waals surface area contributed by atoms with Gasteiger partial charge in [-0.05, 0) is 29.8 Å². The van der Waals surface area contributed by atoms with Gasteiger partial charge in [-0.2, -0.15) is 5.26 Å². The highest BCUT2D eigenvalue weighted by molar-refractivity contribution is 6.34. The van der Waals surface area contributed by atoms with E-state index in [9.17, 15) is 14.4 Å². The van der Waals surface area contributed by atoms with Gasteiger partial charge in [0.2, 0.25) is 0 Å². The van der Waals surface area contributed by atoms with E-state index in [-0.39, 0.29) is 10.6 Å². The Hall–Kier alpha value is -2.38. The van der Waals surface area contributed by atoms with Crippen LogP contribution < -0.4 is 4.74 Å². The Kier molecular flexibility index (Phi) is 4.56. The van der Waals surface area contributed by atoms with Gasteiger partial charge in [0.05, 0.1) is 23.8 Å². The van der Waals surface area contributed by atoms with Gasteiger partial charge in [0.25, 0.3) is 0 Å². The van der Waals surface area contributed by atoms with Gasteiger partial charge in [-0.15, -0.1) is 0 Å². The third kappa shape index (κ3) is 3.04. The van der Waals surface area contributed by atoms with Gasteiger partial charge in [-0.3, -0.25) is 4.79 Å². The molecule has 0 bridgehead atoms. The maximum Gasteiger partial charge on any atom is 0.188 e. The van der Waals surface area contributed by atoms with E-state index < -0.39 is 17.5 Å². The van der Waals surface area contributed by atoms with E-state index in [0.717, 1.165) is 6.07 Å². The summed E-state index contributed by atoms with van der Waals surface area (Å²) in [7, 11) is 1.48. The molecule has 0 saturated carbocycles. The molecule has 5 heteroatoms. The molecule has 2 aromatic rings. The van der Waals surface area contributed by atoms with Gasteiger partial charge in [-0.1, -0.05) is 29.8 Å². The number of hydrogen-bond donors (Lipinski definition) is 0. The molecule has 0 saturated heterocycles. The summed E-state index contributed by atoms with van der Waals surface area (Å²) in [5.74, 6) is -2.04. The van der Waals surface area contributed by atoms with E-state index in [1.165, 1.54) is 19.2 Å². The van der Waals surface area contributed by atoms with E-state index in [4.69, 9.17) is 16.3 Å². The lowest BCUT2D eigenvalue weighted by Gasteiger charge is -2.11. The average molecular weight is 304 g/mol. The molecule has 0 aliphatic rings. The first-order valence-electron chi connectivity index (χ1n) is 6.10. The molecule has 0 spiro atoms. The third-order valence-corrected chi connectivity index (χ3v) is 3.34. The number of rotatable bonds is 4. The fourth-order valence-corrected chi connectivity index (χ4v) is 2.24. The predicted molar refractivity (Wildman–Crippen MR) is 77.1 cm³/mol. The number of methoxy groups -OCH3 is 1. The summed E-state index contributed by atoms with van der Waals surface area (Å²) >= 11 is 5.88. The fraction of sp³-hybridized carbons (Fsp3) is 0.125. The molecule has 21 heavy (non-hydrogen) atoms. The second-order valence-corrected chi connectivity index (χ2v) is 4.71. The van der Waals surface area contributed by atoms with Crippen molar-refractivity contribution >= 4 is 17.4 Å². The van der Waals surface area contributed by atoms with Gasteiger partial charge in [0.1, 0.15) is 17.5 Å². The average Bonchev–Trinajstić information content (AvgIpc) is 2.48. The van der Waals surface area contributed by atoms with E-state index in [1.54, 1.807) is 24.3 Å². The van der Waals surface area contributed by atoms with Crippen LogP contribution in [0.5, 0.6) is 5.75 Å². The fourth-order valence-electron chi connectivity index (χ4n) is 1.98. The number of Topliss-reactive ketones (excluding diaryl/α,β-unsaturated/α-hetero) is 1. The molecular formula is C16H11ClFNO2. The van der Waals surface area contributed by atoms with Crippen LogP contribution in [0.3, 0.4) is 0 Å². The quantitative estimate of drug-likeness (QED) is 0.803. The zero-order valence-electron chi connectivity index (χ0n) is 11.1. The summed E-state index contributed by atoms with van der Waals surface area (Å²) in [5.41, 5.74) is 0.162. The second-order valence-electron chi connectivity index (χ2n) is 4.30. The van der Waals surface area contributed by atoms with Crippen molar-refractivity contribution in [2.24, 2.45) is 0 Å². The minimum atomic E-state index is -1.14. The molecule has 1 unspecified atom stereocenters. The molecule has 0 amide bonds. The number of halogens is 2. The molecule has 0 heterocycles. The maximum atomic E-state index is 13.8. The summed E-state index contributed by atoms with van der Waals surface area (Å²) in [6.07, 6.45) is 0. The molecular weight excluding hydrogens is 293 g/mol. The number of ketones is 1. The number of hydrogen-bond acceptors (Lipinski definition) is 3. The number of nitriles is 1. The molecule has 0 radical (unpaired) electrons. The lowest BCUT2D eigenvalue weighted by atomic mass is 9.91. The van der Waals surface area contributed by atoms with Crippen LogP contribution in [0, 0.1) is 17.1 Å². The minimum absolute atomic E-state index is 0.0110. The van der Waals surface area contributed by atoms with Gasteiger partial charge >= 0.3 is 0 Å². The van der Waals surface area contributed by atoms with Crippen LogP contribution in [0.15, 0.2) is 42.5 Å². The smallest absolute Gasteiger partial charge is 0.188 e. The first-order valence-corrected chi connectivity index (χ1v) is 6.48. The number of carbonyl (C=O) groups is 1. The molecule has 0 N–H and O–H groups in total. The highest BCUT2D eigenvalue weighted by Gasteiger charge is 2.26. The Morgan fingerprint density at radius 2 is 2.05 bits per heavy atom. The summed E-state index contributed by atoms with van der Waals surface area (Å²) in [4.78, 5) is 12.4. The highest BCUT2D eigenvalue weighted by atomic mass is 35.5. The Balaban J connectivity index is 2.46. The normalized spacial score (nSPS) is 11.5. The van der Waals surface area contributed by atoms with Crippen molar-refractivity contribution in [2.45, 2.75) is 5.92 Å². The summed E-state index contributed by atoms with van der Waals surface area (Å²) in [6, 6.07) is 12.4. The number of ether oxygens (including phenoxy) is 1. The summed E-state index contributed by atoms with van der Waals surface area (Å²) < 4.78 is 18.9. The lowest BCUT2D eigenvalue weighted by Crippen LogP contribution is -2.13. The van der Waals surface area contributed by atoms with Crippen molar-refractivity contribution < 1.29 is 13.9 Å².